The largest absolute Gasteiger partial charge is 0.511 e. The van der Waals surface area contributed by atoms with Crippen molar-refractivity contribution in [3.63, 3.8) is 0 Å². The Balaban J connectivity index is 1.53. The number of allylic oxidation sites excluding steroid dienone is 2. The highest BCUT2D eigenvalue weighted by molar-refractivity contribution is 6.24. The molecule has 0 radical (unpaired) electrons. The van der Waals surface area contributed by atoms with Gasteiger partial charge in [-0.2, -0.15) is 0 Å². The number of hydrogen-bond donors (Lipinski definition) is 1. The number of hydrogen-bond acceptors (Lipinski definition) is 6. The van der Waals surface area contributed by atoms with Crippen LogP contribution in [0.3, 0.4) is 0 Å². The van der Waals surface area contributed by atoms with Crippen LogP contribution in [0.5, 0.6) is 0 Å². The van der Waals surface area contributed by atoms with Gasteiger partial charge in [0.2, 0.25) is 0 Å². The lowest BCUT2D eigenvalue weighted by Gasteiger charge is -2.31. The van der Waals surface area contributed by atoms with Gasteiger partial charge in [0.1, 0.15) is 11.5 Å². The maximum absolute atomic E-state index is 12.9. The van der Waals surface area contributed by atoms with Crippen LogP contribution in [0.2, 0.25) is 0 Å². The molecule has 1 aromatic carbocycles. The number of ketones is 2. The predicted octanol–water partition coefficient (Wildman–Crippen LogP) is 5.57. The molecule has 0 bridgehead atoms. The zero-order valence-electron chi connectivity index (χ0n) is 19.7. The molecule has 2 aliphatic carbocycles. The molecule has 2 aromatic rings. The molecule has 1 unspecified atom stereocenters. The lowest BCUT2D eigenvalue weighted by molar-refractivity contribution is -0.117. The second kappa shape index (κ2) is 9.46. The molecule has 174 valence electrons. The van der Waals surface area contributed by atoms with Crippen LogP contribution in [0.4, 0.5) is 0 Å². The molecular formula is C27H32N2O4. The topological polar surface area (TPSA) is 92.8 Å². The second-order valence-corrected chi connectivity index (χ2v) is 9.96. The molecule has 6 nitrogen and oxygen atoms in total. The molecule has 1 aromatic heterocycles. The number of aliphatic hydroxyl groups excluding tert-OH is 1. The fourth-order valence-electron chi connectivity index (χ4n) is 4.93. The molecule has 0 spiro atoms. The number of nitrogens with zero attached hydrogens (tertiary/aromatic N) is 2. The van der Waals surface area contributed by atoms with Crippen molar-refractivity contribution in [2.75, 3.05) is 6.54 Å². The van der Waals surface area contributed by atoms with Gasteiger partial charge in [-0.1, -0.05) is 56.3 Å². The number of aromatic nitrogens is 1. The summed E-state index contributed by atoms with van der Waals surface area (Å²) in [5.41, 5.74) is 3.12. The third-order valence-corrected chi connectivity index (χ3v) is 6.51. The standard InChI is InChI=1S/C27H32N2O4/c1-4-12-28-20-15-27(2,3)16-23(32)25(20)21(30)11-10-19-26-22(31)13-18(14-24(26)33-29-19)17-8-6-5-7-9-17/h5-9,18,30H,4,10-16H2,1-3H3/b25-21-,28-20?. The first-order chi connectivity index (χ1) is 15.8. The smallest absolute Gasteiger partial charge is 0.168 e. The quantitative estimate of drug-likeness (QED) is 0.460. The summed E-state index contributed by atoms with van der Waals surface area (Å²) in [7, 11) is 0. The number of fused-ring (bicyclic) bond motifs is 1. The molecule has 2 aliphatic rings. The molecule has 4 rings (SSSR count). The van der Waals surface area contributed by atoms with Gasteiger partial charge in [-0.3, -0.25) is 14.6 Å². The van der Waals surface area contributed by atoms with Crippen LogP contribution in [0, 0.1) is 5.41 Å². The summed E-state index contributed by atoms with van der Waals surface area (Å²) in [5.74, 6) is 0.690. The van der Waals surface area contributed by atoms with Crippen LogP contribution >= 0.6 is 0 Å². The minimum absolute atomic E-state index is 0.0224. The summed E-state index contributed by atoms with van der Waals surface area (Å²) in [5, 5.41) is 15.0. The lowest BCUT2D eigenvalue weighted by Crippen LogP contribution is -2.33. The van der Waals surface area contributed by atoms with Crippen LogP contribution in [-0.2, 0) is 17.6 Å². The minimum Gasteiger partial charge on any atom is -0.511 e. The molecule has 0 saturated heterocycles. The van der Waals surface area contributed by atoms with Gasteiger partial charge in [-0.05, 0) is 29.7 Å². The molecule has 1 atom stereocenters. The van der Waals surface area contributed by atoms with Gasteiger partial charge >= 0.3 is 0 Å². The number of Topliss-reactive ketones (excluding diaryl/α,β-unsaturated/α-hetero) is 2. The fraction of sp³-hybridized carbons (Fsp3) is 0.481. The number of aryl methyl sites for hydroxylation is 1. The lowest BCUT2D eigenvalue weighted by atomic mass is 9.73. The van der Waals surface area contributed by atoms with Crippen molar-refractivity contribution in [3.8, 4) is 0 Å². The SMILES string of the molecule is CCCN=C1CC(C)(C)CC(=O)/C1=C(\O)CCc1noc2c1C(=O)CC(c1ccccc1)C2. The van der Waals surface area contributed by atoms with E-state index >= 15 is 0 Å². The zero-order valence-corrected chi connectivity index (χ0v) is 19.7. The summed E-state index contributed by atoms with van der Waals surface area (Å²) in [6.07, 6.45) is 3.54. The van der Waals surface area contributed by atoms with Gasteiger partial charge in [-0.15, -0.1) is 0 Å². The zero-order chi connectivity index (χ0) is 23.6. The third kappa shape index (κ3) is 5.00. The Morgan fingerprint density at radius 3 is 2.64 bits per heavy atom. The number of carbonyl (C=O) groups excluding carboxylic acids is 2. The van der Waals surface area contributed by atoms with Gasteiger partial charge < -0.3 is 9.63 Å². The van der Waals surface area contributed by atoms with Crippen molar-refractivity contribution in [1.29, 1.82) is 0 Å². The average molecular weight is 449 g/mol. The molecule has 1 heterocycles. The van der Waals surface area contributed by atoms with Gasteiger partial charge in [0.15, 0.2) is 11.6 Å². The maximum Gasteiger partial charge on any atom is 0.168 e. The first-order valence-electron chi connectivity index (χ1n) is 11.8. The molecule has 1 fully saturated rings. The van der Waals surface area contributed by atoms with Gasteiger partial charge in [0.25, 0.3) is 0 Å². The van der Waals surface area contributed by atoms with Crippen molar-refractivity contribution < 1.29 is 19.2 Å². The molecule has 33 heavy (non-hydrogen) atoms. The second-order valence-electron chi connectivity index (χ2n) is 9.96. The van der Waals surface area contributed by atoms with Crippen LogP contribution in [0.1, 0.15) is 86.2 Å². The maximum atomic E-state index is 12.9. The van der Waals surface area contributed by atoms with Crippen LogP contribution in [-0.4, -0.2) is 34.1 Å². The van der Waals surface area contributed by atoms with Crippen LogP contribution in [0.15, 0.2) is 51.2 Å². The Morgan fingerprint density at radius 2 is 1.91 bits per heavy atom. The van der Waals surface area contributed by atoms with E-state index in [4.69, 9.17) is 4.52 Å². The summed E-state index contributed by atoms with van der Waals surface area (Å²) < 4.78 is 5.55. The first-order valence-corrected chi connectivity index (χ1v) is 11.8. The Kier molecular flexibility index (Phi) is 6.63. The van der Waals surface area contributed by atoms with Crippen molar-refractivity contribution in [2.24, 2.45) is 10.4 Å². The Morgan fingerprint density at radius 1 is 1.15 bits per heavy atom. The van der Waals surface area contributed by atoms with E-state index in [1.807, 2.05) is 37.3 Å². The van der Waals surface area contributed by atoms with Crippen molar-refractivity contribution in [2.45, 2.75) is 71.6 Å². The Bertz CT molecular complexity index is 1110. The fourth-order valence-corrected chi connectivity index (χ4v) is 4.93. The molecule has 0 aliphatic heterocycles. The van der Waals surface area contributed by atoms with E-state index in [0.29, 0.717) is 67.0 Å². The normalized spacial score (nSPS) is 23.0. The van der Waals surface area contributed by atoms with E-state index in [9.17, 15) is 14.7 Å². The van der Waals surface area contributed by atoms with E-state index in [1.165, 1.54) is 0 Å². The van der Waals surface area contributed by atoms with Gasteiger partial charge in [0, 0.05) is 44.4 Å². The molecule has 6 heteroatoms. The summed E-state index contributed by atoms with van der Waals surface area (Å²) in [4.78, 5) is 30.4. The predicted molar refractivity (Wildman–Crippen MR) is 127 cm³/mol. The third-order valence-electron chi connectivity index (χ3n) is 6.51. The Hall–Kier alpha value is -3.02. The number of carbonyl (C=O) groups is 2. The first kappa shape index (κ1) is 23.1. The molecule has 1 N–H and O–H groups in total. The van der Waals surface area contributed by atoms with Crippen molar-refractivity contribution in [1.82, 2.24) is 5.16 Å². The summed E-state index contributed by atoms with van der Waals surface area (Å²) in [6, 6.07) is 9.98. The highest BCUT2D eigenvalue weighted by atomic mass is 16.5. The summed E-state index contributed by atoms with van der Waals surface area (Å²) >= 11 is 0. The molecule has 0 amide bonds. The van der Waals surface area contributed by atoms with E-state index < -0.39 is 0 Å². The van der Waals surface area contributed by atoms with Crippen molar-refractivity contribution >= 4 is 17.3 Å². The van der Waals surface area contributed by atoms with E-state index in [2.05, 4.69) is 24.0 Å². The number of rotatable bonds is 6. The van der Waals surface area contributed by atoms with Crippen LogP contribution < -0.4 is 0 Å². The van der Waals surface area contributed by atoms with Crippen LogP contribution in [0.25, 0.3) is 0 Å². The number of benzene rings is 1. The van der Waals surface area contributed by atoms with E-state index in [0.717, 1.165) is 12.0 Å². The molecular weight excluding hydrogens is 416 g/mol. The number of aliphatic imine (C=N–C) groups is 1. The number of aliphatic hydroxyl groups is 1. The van der Waals surface area contributed by atoms with Gasteiger partial charge in [0.05, 0.1) is 16.8 Å². The average Bonchev–Trinajstić information content (AvgIpc) is 3.19. The summed E-state index contributed by atoms with van der Waals surface area (Å²) in [6.45, 7) is 6.77. The highest BCUT2D eigenvalue weighted by Gasteiger charge is 2.37. The Labute approximate surface area is 194 Å². The van der Waals surface area contributed by atoms with Gasteiger partial charge in [-0.25, -0.2) is 0 Å². The monoisotopic (exact) mass is 448 g/mol. The molecule has 1 saturated carbocycles. The van der Waals surface area contributed by atoms with E-state index in [-0.39, 0.29) is 35.1 Å². The highest BCUT2D eigenvalue weighted by Crippen LogP contribution is 2.37. The minimum atomic E-state index is -0.166. The van der Waals surface area contributed by atoms with Crippen molar-refractivity contribution in [3.05, 3.63) is 64.2 Å². The van der Waals surface area contributed by atoms with E-state index in [1.54, 1.807) is 0 Å².